The molecule has 1 heterocycles. The fourth-order valence-corrected chi connectivity index (χ4v) is 3.63. The van der Waals surface area contributed by atoms with Crippen LogP contribution in [-0.2, 0) is 9.59 Å². The van der Waals surface area contributed by atoms with Crippen molar-refractivity contribution in [2.45, 2.75) is 84.0 Å². The van der Waals surface area contributed by atoms with E-state index < -0.39 is 0 Å². The second kappa shape index (κ2) is 21.6. The second-order valence-corrected chi connectivity index (χ2v) is 8.58. The molecule has 0 aromatic heterocycles. The Balaban J connectivity index is 1.92. The van der Waals surface area contributed by atoms with Gasteiger partial charge in [0.05, 0.1) is 5.92 Å². The molecule has 4 nitrogen and oxygen atoms in total. The third kappa shape index (κ3) is 18.0. The summed E-state index contributed by atoms with van der Waals surface area (Å²) >= 11 is 0. The molecule has 2 N–H and O–H groups in total. The van der Waals surface area contributed by atoms with Gasteiger partial charge >= 0.3 is 0 Å². The van der Waals surface area contributed by atoms with Crippen molar-refractivity contribution >= 4 is 11.7 Å². The number of piperidine rings is 1. The number of ketones is 1. The van der Waals surface area contributed by atoms with E-state index in [-0.39, 0.29) is 11.8 Å². The molecular weight excluding hydrogens is 408 g/mol. The van der Waals surface area contributed by atoms with E-state index in [2.05, 4.69) is 78.3 Å². The fraction of sp³-hybridized carbons (Fsp3) is 0.586. The molecule has 33 heavy (non-hydrogen) atoms. The van der Waals surface area contributed by atoms with Crippen LogP contribution in [0.25, 0.3) is 0 Å². The van der Waals surface area contributed by atoms with Crippen LogP contribution in [0.2, 0.25) is 0 Å². The number of hydrogen-bond donors (Lipinski definition) is 2. The first kappa shape index (κ1) is 28.8. The van der Waals surface area contributed by atoms with Gasteiger partial charge in [0.15, 0.2) is 0 Å². The first-order valence-electron chi connectivity index (χ1n) is 13.0. The molecule has 1 unspecified atom stereocenters. The first-order chi connectivity index (χ1) is 16.2. The average Bonchev–Trinajstić information content (AvgIpc) is 2.84. The lowest BCUT2D eigenvalue weighted by atomic mass is 9.99. The molecule has 0 aromatic carbocycles. The zero-order valence-corrected chi connectivity index (χ0v) is 20.8. The van der Waals surface area contributed by atoms with Gasteiger partial charge in [-0.25, -0.2) is 0 Å². The standard InChI is InChI=1S/C29H46N2O2/c1-2-3-4-5-6-7-8-9-10-11-12-13-14-15-16-17-18-22-28(32)23-20-25-31-29(33)27-21-19-24-30-26-27/h3-4,6-7,9-10,12-13,15-16,27,30H,2,5,8,11,14,17-26H2,1H3,(H,31,33)/b4-3-,7-6-,10-9-,13-12-,16-15-. The summed E-state index contributed by atoms with van der Waals surface area (Å²) in [7, 11) is 0. The van der Waals surface area contributed by atoms with E-state index in [0.29, 0.717) is 25.2 Å². The van der Waals surface area contributed by atoms with Crippen molar-refractivity contribution < 1.29 is 9.59 Å². The predicted molar refractivity (Wildman–Crippen MR) is 141 cm³/mol. The van der Waals surface area contributed by atoms with Crippen LogP contribution >= 0.6 is 0 Å². The predicted octanol–water partition coefficient (Wildman–Crippen LogP) is 6.37. The van der Waals surface area contributed by atoms with Gasteiger partial charge in [0.2, 0.25) is 5.91 Å². The summed E-state index contributed by atoms with van der Waals surface area (Å²) < 4.78 is 0. The zero-order valence-electron chi connectivity index (χ0n) is 20.8. The van der Waals surface area contributed by atoms with Crippen molar-refractivity contribution in [1.29, 1.82) is 0 Å². The third-order valence-electron chi connectivity index (χ3n) is 5.58. The van der Waals surface area contributed by atoms with Crippen LogP contribution in [0.5, 0.6) is 0 Å². The van der Waals surface area contributed by atoms with Crippen molar-refractivity contribution in [3.63, 3.8) is 0 Å². The molecular formula is C29H46N2O2. The Morgan fingerprint density at radius 3 is 1.97 bits per heavy atom. The van der Waals surface area contributed by atoms with Crippen LogP contribution < -0.4 is 10.6 Å². The average molecular weight is 455 g/mol. The van der Waals surface area contributed by atoms with Crippen LogP contribution in [0.4, 0.5) is 0 Å². The molecule has 1 fully saturated rings. The quantitative estimate of drug-likeness (QED) is 0.187. The highest BCUT2D eigenvalue weighted by atomic mass is 16.2. The van der Waals surface area contributed by atoms with Crippen molar-refractivity contribution in [3.8, 4) is 0 Å². The summed E-state index contributed by atoms with van der Waals surface area (Å²) in [6, 6.07) is 0. The van der Waals surface area contributed by atoms with Gasteiger partial charge in [0.25, 0.3) is 0 Å². The summed E-state index contributed by atoms with van der Waals surface area (Å²) in [4.78, 5) is 24.0. The Labute approximate surface area is 202 Å². The smallest absolute Gasteiger partial charge is 0.224 e. The number of unbranched alkanes of at least 4 members (excludes halogenated alkanes) is 1. The number of carbonyl (C=O) groups excluding carboxylic acids is 2. The first-order valence-corrected chi connectivity index (χ1v) is 13.0. The summed E-state index contributed by atoms with van der Waals surface area (Å²) in [5.41, 5.74) is 0. The largest absolute Gasteiger partial charge is 0.356 e. The highest BCUT2D eigenvalue weighted by Crippen LogP contribution is 2.10. The molecule has 184 valence electrons. The Hall–Kier alpha value is -2.20. The van der Waals surface area contributed by atoms with Gasteiger partial charge in [-0.3, -0.25) is 9.59 Å². The molecule has 0 radical (unpaired) electrons. The minimum absolute atomic E-state index is 0.0953. The minimum Gasteiger partial charge on any atom is -0.356 e. The van der Waals surface area contributed by atoms with Gasteiger partial charge in [0.1, 0.15) is 5.78 Å². The number of allylic oxidation sites excluding steroid dienone is 10. The van der Waals surface area contributed by atoms with E-state index in [0.717, 1.165) is 77.3 Å². The lowest BCUT2D eigenvalue weighted by Crippen LogP contribution is -2.40. The maximum atomic E-state index is 12.0. The molecule has 0 saturated carbocycles. The van der Waals surface area contributed by atoms with E-state index in [1.165, 1.54) is 0 Å². The molecule has 1 atom stereocenters. The summed E-state index contributed by atoms with van der Waals surface area (Å²) in [6.45, 7) is 4.55. The van der Waals surface area contributed by atoms with E-state index in [1.807, 2.05) is 0 Å². The van der Waals surface area contributed by atoms with Gasteiger partial charge < -0.3 is 10.6 Å². The maximum absolute atomic E-state index is 12.0. The Kier molecular flexibility index (Phi) is 18.9. The topological polar surface area (TPSA) is 58.2 Å². The number of rotatable bonds is 18. The van der Waals surface area contributed by atoms with E-state index in [9.17, 15) is 9.59 Å². The molecule has 1 amide bonds. The highest BCUT2D eigenvalue weighted by Gasteiger charge is 2.20. The SMILES string of the molecule is CC/C=C\C/C=C\C/C=C\C/C=C\C/C=C\CCCC(=O)CCCNC(=O)C1CCCNC1. The molecule has 1 saturated heterocycles. The van der Waals surface area contributed by atoms with Gasteiger partial charge in [-0.15, -0.1) is 0 Å². The van der Waals surface area contributed by atoms with Gasteiger partial charge in [0, 0.05) is 25.9 Å². The van der Waals surface area contributed by atoms with Crippen molar-refractivity contribution in [2.24, 2.45) is 5.92 Å². The molecule has 4 heteroatoms. The maximum Gasteiger partial charge on any atom is 0.224 e. The third-order valence-corrected chi connectivity index (χ3v) is 5.58. The highest BCUT2D eigenvalue weighted by molar-refractivity contribution is 5.79. The summed E-state index contributed by atoms with van der Waals surface area (Å²) in [5.74, 6) is 0.530. The Morgan fingerprint density at radius 1 is 0.818 bits per heavy atom. The number of hydrogen-bond acceptors (Lipinski definition) is 3. The molecule has 1 rings (SSSR count). The van der Waals surface area contributed by atoms with E-state index in [1.54, 1.807) is 0 Å². The fourth-order valence-electron chi connectivity index (χ4n) is 3.63. The second-order valence-electron chi connectivity index (χ2n) is 8.58. The Bertz CT molecular complexity index is 653. The van der Waals surface area contributed by atoms with Crippen LogP contribution in [0.1, 0.15) is 84.0 Å². The number of Topliss-reactive ketones (excluding diaryl/α,β-unsaturated/α-hetero) is 1. The summed E-state index contributed by atoms with van der Waals surface area (Å²) in [6.07, 6.45) is 32.8. The lowest BCUT2D eigenvalue weighted by Gasteiger charge is -2.21. The normalized spacial score (nSPS) is 17.3. The minimum atomic E-state index is 0.0953. The zero-order chi connectivity index (χ0) is 23.8. The van der Waals surface area contributed by atoms with Crippen molar-refractivity contribution in [1.82, 2.24) is 10.6 Å². The molecule has 0 aromatic rings. The Morgan fingerprint density at radius 2 is 1.39 bits per heavy atom. The van der Waals surface area contributed by atoms with Gasteiger partial charge in [-0.05, 0) is 70.8 Å². The monoisotopic (exact) mass is 454 g/mol. The molecule has 0 bridgehead atoms. The van der Waals surface area contributed by atoms with E-state index in [4.69, 9.17) is 0 Å². The molecule has 1 aliphatic rings. The van der Waals surface area contributed by atoms with Gasteiger partial charge in [-0.1, -0.05) is 67.7 Å². The molecule has 1 aliphatic heterocycles. The molecule has 0 aliphatic carbocycles. The van der Waals surface area contributed by atoms with Gasteiger partial charge in [-0.2, -0.15) is 0 Å². The van der Waals surface area contributed by atoms with Crippen LogP contribution in [0, 0.1) is 5.92 Å². The van der Waals surface area contributed by atoms with Crippen LogP contribution in [0.15, 0.2) is 60.8 Å². The van der Waals surface area contributed by atoms with Crippen molar-refractivity contribution in [2.75, 3.05) is 19.6 Å². The lowest BCUT2D eigenvalue weighted by molar-refractivity contribution is -0.125. The number of amides is 1. The number of nitrogens with one attached hydrogen (secondary N) is 2. The number of carbonyl (C=O) groups is 2. The van der Waals surface area contributed by atoms with E-state index >= 15 is 0 Å². The van der Waals surface area contributed by atoms with Crippen LogP contribution in [0.3, 0.4) is 0 Å². The van der Waals surface area contributed by atoms with Crippen LogP contribution in [-0.4, -0.2) is 31.3 Å². The molecule has 0 spiro atoms. The van der Waals surface area contributed by atoms with Crippen molar-refractivity contribution in [3.05, 3.63) is 60.8 Å². The summed E-state index contributed by atoms with van der Waals surface area (Å²) in [5, 5.41) is 6.23.